The summed E-state index contributed by atoms with van der Waals surface area (Å²) in [6.45, 7) is 11.1. The number of aliphatic imine (C=N–C) groups is 1. The van der Waals surface area contributed by atoms with Gasteiger partial charge in [0, 0.05) is 6.54 Å². The molecule has 0 spiro atoms. The van der Waals surface area contributed by atoms with E-state index in [2.05, 4.69) is 24.2 Å². The molecule has 3 N–H and O–H groups in total. The van der Waals surface area contributed by atoms with Crippen LogP contribution in [0.15, 0.2) is 29.3 Å². The SMILES string of the molecule is CC(C)CCNC(N)=NCc1cccc(C(=O)OC(C)(C)C)c1.I. The highest BCUT2D eigenvalue weighted by atomic mass is 127. The van der Waals surface area contributed by atoms with E-state index in [-0.39, 0.29) is 29.9 Å². The zero-order valence-electron chi connectivity index (χ0n) is 15.3. The second-order valence-corrected chi connectivity index (χ2v) is 7.01. The molecule has 0 aliphatic carbocycles. The Morgan fingerprint density at radius 1 is 1.33 bits per heavy atom. The minimum Gasteiger partial charge on any atom is -0.456 e. The summed E-state index contributed by atoms with van der Waals surface area (Å²) in [5.74, 6) is 0.723. The lowest BCUT2D eigenvalue weighted by atomic mass is 10.1. The number of benzene rings is 1. The molecule has 0 saturated carbocycles. The van der Waals surface area contributed by atoms with Crippen LogP contribution in [-0.4, -0.2) is 24.1 Å². The monoisotopic (exact) mass is 447 g/mol. The molecule has 5 nitrogen and oxygen atoms in total. The van der Waals surface area contributed by atoms with Crippen molar-refractivity contribution in [3.63, 3.8) is 0 Å². The van der Waals surface area contributed by atoms with Crippen molar-refractivity contribution in [2.75, 3.05) is 6.54 Å². The molecule has 1 rings (SSSR count). The molecule has 0 bridgehead atoms. The lowest BCUT2D eigenvalue weighted by molar-refractivity contribution is 0.00694. The number of hydrogen-bond donors (Lipinski definition) is 2. The highest BCUT2D eigenvalue weighted by Crippen LogP contribution is 2.13. The van der Waals surface area contributed by atoms with Crippen LogP contribution in [0.2, 0.25) is 0 Å². The molecule has 0 radical (unpaired) electrons. The molecule has 0 heterocycles. The Morgan fingerprint density at radius 3 is 2.58 bits per heavy atom. The lowest BCUT2D eigenvalue weighted by Crippen LogP contribution is -2.32. The van der Waals surface area contributed by atoms with Gasteiger partial charge in [-0.25, -0.2) is 9.79 Å². The van der Waals surface area contributed by atoms with E-state index in [1.807, 2.05) is 32.9 Å². The van der Waals surface area contributed by atoms with Crippen molar-refractivity contribution < 1.29 is 9.53 Å². The van der Waals surface area contributed by atoms with E-state index in [9.17, 15) is 4.79 Å². The van der Waals surface area contributed by atoms with Gasteiger partial charge < -0.3 is 15.8 Å². The molecule has 0 amide bonds. The quantitative estimate of drug-likeness (QED) is 0.302. The zero-order chi connectivity index (χ0) is 17.5. The first-order valence-electron chi connectivity index (χ1n) is 8.03. The van der Waals surface area contributed by atoms with Gasteiger partial charge in [-0.3, -0.25) is 0 Å². The third-order valence-corrected chi connectivity index (χ3v) is 3.02. The van der Waals surface area contributed by atoms with Crippen molar-refractivity contribution in [3.05, 3.63) is 35.4 Å². The minimum absolute atomic E-state index is 0. The van der Waals surface area contributed by atoms with E-state index < -0.39 is 5.60 Å². The van der Waals surface area contributed by atoms with Crippen LogP contribution in [0.25, 0.3) is 0 Å². The summed E-state index contributed by atoms with van der Waals surface area (Å²) in [5.41, 5.74) is 6.78. The Bertz CT molecular complexity index is 551. The summed E-state index contributed by atoms with van der Waals surface area (Å²) in [7, 11) is 0. The van der Waals surface area contributed by atoms with Gasteiger partial charge in [-0.05, 0) is 50.8 Å². The Morgan fingerprint density at radius 2 is 2.00 bits per heavy atom. The van der Waals surface area contributed by atoms with Gasteiger partial charge in [-0.2, -0.15) is 0 Å². The van der Waals surface area contributed by atoms with Gasteiger partial charge >= 0.3 is 5.97 Å². The predicted octanol–water partition coefficient (Wildman–Crippen LogP) is 3.71. The first-order valence-corrected chi connectivity index (χ1v) is 8.03. The number of rotatable bonds is 6. The second-order valence-electron chi connectivity index (χ2n) is 7.01. The number of hydrogen-bond acceptors (Lipinski definition) is 3. The van der Waals surface area contributed by atoms with Crippen LogP contribution >= 0.6 is 24.0 Å². The van der Waals surface area contributed by atoms with Crippen LogP contribution in [0.5, 0.6) is 0 Å². The molecule has 1 aromatic rings. The fourth-order valence-corrected chi connectivity index (χ4v) is 1.85. The molecule has 0 aliphatic rings. The summed E-state index contributed by atoms with van der Waals surface area (Å²) < 4.78 is 5.37. The number of nitrogens with two attached hydrogens (primary N) is 1. The average molecular weight is 447 g/mol. The molecule has 0 aromatic heterocycles. The first-order chi connectivity index (χ1) is 10.7. The van der Waals surface area contributed by atoms with E-state index in [4.69, 9.17) is 10.5 Å². The predicted molar refractivity (Wildman–Crippen MR) is 110 cm³/mol. The molecular weight excluding hydrogens is 417 g/mol. The molecule has 136 valence electrons. The fourth-order valence-electron chi connectivity index (χ4n) is 1.85. The van der Waals surface area contributed by atoms with E-state index in [1.54, 1.807) is 12.1 Å². The van der Waals surface area contributed by atoms with E-state index >= 15 is 0 Å². The number of nitrogens with one attached hydrogen (secondary N) is 1. The van der Waals surface area contributed by atoms with Crippen molar-refractivity contribution in [2.24, 2.45) is 16.6 Å². The molecule has 0 aliphatic heterocycles. The topological polar surface area (TPSA) is 76.7 Å². The smallest absolute Gasteiger partial charge is 0.338 e. The number of guanidine groups is 1. The summed E-state index contributed by atoms with van der Waals surface area (Å²) in [6, 6.07) is 7.27. The summed E-state index contributed by atoms with van der Waals surface area (Å²) in [6.07, 6.45) is 1.05. The van der Waals surface area contributed by atoms with Gasteiger partial charge in [0.15, 0.2) is 5.96 Å². The maximum Gasteiger partial charge on any atom is 0.338 e. The van der Waals surface area contributed by atoms with Gasteiger partial charge in [-0.1, -0.05) is 26.0 Å². The van der Waals surface area contributed by atoms with Gasteiger partial charge in [0.25, 0.3) is 0 Å². The number of ether oxygens (including phenoxy) is 1. The summed E-state index contributed by atoms with van der Waals surface area (Å²) >= 11 is 0. The van der Waals surface area contributed by atoms with Crippen LogP contribution in [-0.2, 0) is 11.3 Å². The number of carbonyl (C=O) groups excluding carboxylic acids is 1. The van der Waals surface area contributed by atoms with Crippen LogP contribution in [0.1, 0.15) is 57.0 Å². The van der Waals surface area contributed by atoms with E-state index in [0.29, 0.717) is 24.0 Å². The maximum absolute atomic E-state index is 12.1. The minimum atomic E-state index is -0.504. The molecule has 0 atom stereocenters. The number of esters is 1. The molecule has 24 heavy (non-hydrogen) atoms. The van der Waals surface area contributed by atoms with Crippen molar-refractivity contribution in [3.8, 4) is 0 Å². The van der Waals surface area contributed by atoms with Crippen molar-refractivity contribution in [1.29, 1.82) is 0 Å². The van der Waals surface area contributed by atoms with Crippen molar-refractivity contribution in [2.45, 2.75) is 53.2 Å². The first kappa shape index (κ1) is 22.7. The third-order valence-electron chi connectivity index (χ3n) is 3.02. The molecule has 0 unspecified atom stereocenters. The van der Waals surface area contributed by atoms with Gasteiger partial charge in [-0.15, -0.1) is 24.0 Å². The number of nitrogens with zero attached hydrogens (tertiary/aromatic N) is 1. The molecule has 0 fully saturated rings. The molecular formula is C18H30IN3O2. The molecule has 6 heteroatoms. The highest BCUT2D eigenvalue weighted by molar-refractivity contribution is 14.0. The van der Waals surface area contributed by atoms with E-state index in [0.717, 1.165) is 18.5 Å². The average Bonchev–Trinajstić information content (AvgIpc) is 2.43. The van der Waals surface area contributed by atoms with Gasteiger partial charge in [0.1, 0.15) is 5.60 Å². The second kappa shape index (κ2) is 10.5. The largest absolute Gasteiger partial charge is 0.456 e. The standard InChI is InChI=1S/C18H29N3O2.HI/c1-13(2)9-10-20-17(19)21-12-14-7-6-8-15(11-14)16(22)23-18(3,4)5;/h6-8,11,13H,9-10,12H2,1-5H3,(H3,19,20,21);1H. The van der Waals surface area contributed by atoms with Crippen molar-refractivity contribution in [1.82, 2.24) is 5.32 Å². The van der Waals surface area contributed by atoms with Crippen LogP contribution < -0.4 is 11.1 Å². The fraction of sp³-hybridized carbons (Fsp3) is 0.556. The highest BCUT2D eigenvalue weighted by Gasteiger charge is 2.17. The summed E-state index contributed by atoms with van der Waals surface area (Å²) in [4.78, 5) is 16.4. The van der Waals surface area contributed by atoms with Crippen molar-refractivity contribution >= 4 is 35.9 Å². The van der Waals surface area contributed by atoms with Crippen LogP contribution in [0.3, 0.4) is 0 Å². The number of carbonyl (C=O) groups is 1. The molecule has 1 aromatic carbocycles. The third kappa shape index (κ3) is 9.75. The Kier molecular flexibility index (Phi) is 9.96. The molecule has 0 saturated heterocycles. The van der Waals surface area contributed by atoms with Gasteiger partial charge in [0.05, 0.1) is 12.1 Å². The Balaban J connectivity index is 0.00000529. The van der Waals surface area contributed by atoms with Crippen LogP contribution in [0, 0.1) is 5.92 Å². The van der Waals surface area contributed by atoms with Crippen LogP contribution in [0.4, 0.5) is 0 Å². The lowest BCUT2D eigenvalue weighted by Gasteiger charge is -2.19. The van der Waals surface area contributed by atoms with E-state index in [1.165, 1.54) is 0 Å². The maximum atomic E-state index is 12.1. The normalized spacial score (nSPS) is 11.8. The van der Waals surface area contributed by atoms with Gasteiger partial charge in [0.2, 0.25) is 0 Å². The number of halogens is 1. The Hall–Kier alpha value is -1.31. The Labute approximate surface area is 162 Å². The zero-order valence-corrected chi connectivity index (χ0v) is 17.6. The summed E-state index contributed by atoms with van der Waals surface area (Å²) in [5, 5.41) is 3.09.